The molecule has 0 spiro atoms. The molecule has 0 radical (unpaired) electrons. The minimum absolute atomic E-state index is 0.157. The number of carbonyl (C=O) groups is 2. The molecule has 114 valence electrons. The summed E-state index contributed by atoms with van der Waals surface area (Å²) in [5.74, 6) is -0.357. The molecule has 2 N–H and O–H groups in total. The van der Waals surface area contributed by atoms with Gasteiger partial charge in [0, 0.05) is 19.3 Å². The molecule has 1 fully saturated rings. The summed E-state index contributed by atoms with van der Waals surface area (Å²) >= 11 is 0. The van der Waals surface area contributed by atoms with Crippen molar-refractivity contribution < 1.29 is 14.7 Å². The van der Waals surface area contributed by atoms with Gasteiger partial charge >= 0.3 is 12.0 Å². The number of nitrogens with zero attached hydrogens (tertiary/aromatic N) is 1. The summed E-state index contributed by atoms with van der Waals surface area (Å²) < 4.78 is 0. The van der Waals surface area contributed by atoms with Crippen molar-refractivity contribution in [3.05, 3.63) is 29.8 Å². The lowest BCUT2D eigenvalue weighted by molar-refractivity contribution is -0.140. The third-order valence-corrected chi connectivity index (χ3v) is 3.83. The molecule has 1 aliphatic rings. The fraction of sp³-hybridized carbons (Fsp3) is 0.500. The molecule has 1 aromatic carbocycles. The third-order valence-electron chi connectivity index (χ3n) is 3.83. The van der Waals surface area contributed by atoms with Crippen LogP contribution in [0, 0.1) is 5.92 Å². The number of hydrogen-bond acceptors (Lipinski definition) is 2. The zero-order valence-electron chi connectivity index (χ0n) is 12.7. The molecule has 0 aromatic heterocycles. The molecular weight excluding hydrogens is 268 g/mol. The highest BCUT2D eigenvalue weighted by molar-refractivity contribution is 5.89. The van der Waals surface area contributed by atoms with E-state index in [1.54, 1.807) is 36.2 Å². The minimum atomic E-state index is -0.768. The summed E-state index contributed by atoms with van der Waals surface area (Å²) in [5, 5.41) is 12.1. The average molecular weight is 290 g/mol. The van der Waals surface area contributed by atoms with E-state index < -0.39 is 11.4 Å². The highest BCUT2D eigenvalue weighted by Gasteiger charge is 2.51. The first kappa shape index (κ1) is 15.4. The van der Waals surface area contributed by atoms with Crippen LogP contribution in [0.4, 0.5) is 10.5 Å². The smallest absolute Gasteiger partial charge is 0.321 e. The maximum atomic E-state index is 12.0. The molecule has 0 bridgehead atoms. The van der Waals surface area contributed by atoms with Crippen molar-refractivity contribution in [1.82, 2.24) is 4.90 Å². The molecule has 21 heavy (non-hydrogen) atoms. The van der Waals surface area contributed by atoms with Gasteiger partial charge in [-0.3, -0.25) is 4.79 Å². The van der Waals surface area contributed by atoms with E-state index >= 15 is 0 Å². The Kier molecular flexibility index (Phi) is 4.21. The van der Waals surface area contributed by atoms with Gasteiger partial charge in [0.2, 0.25) is 0 Å². The molecule has 1 aliphatic carbocycles. The second kappa shape index (κ2) is 5.76. The van der Waals surface area contributed by atoms with Crippen molar-refractivity contribution in [3.8, 4) is 0 Å². The summed E-state index contributed by atoms with van der Waals surface area (Å²) in [4.78, 5) is 24.9. The second-order valence-corrected chi connectivity index (χ2v) is 6.17. The van der Waals surface area contributed by atoms with Gasteiger partial charge < -0.3 is 15.3 Å². The zero-order chi connectivity index (χ0) is 15.6. The van der Waals surface area contributed by atoms with Crippen LogP contribution in [0.25, 0.3) is 0 Å². The van der Waals surface area contributed by atoms with Crippen LogP contribution >= 0.6 is 0 Å². The number of hydrogen-bond donors (Lipinski definition) is 2. The number of anilines is 1. The predicted octanol–water partition coefficient (Wildman–Crippen LogP) is 2.92. The van der Waals surface area contributed by atoms with Crippen LogP contribution < -0.4 is 5.32 Å². The van der Waals surface area contributed by atoms with Crippen LogP contribution in [0.15, 0.2) is 24.3 Å². The fourth-order valence-corrected chi connectivity index (χ4v) is 2.47. The van der Waals surface area contributed by atoms with E-state index in [0.717, 1.165) is 5.56 Å². The maximum Gasteiger partial charge on any atom is 0.321 e. The molecule has 0 saturated heterocycles. The van der Waals surface area contributed by atoms with E-state index in [-0.39, 0.29) is 6.03 Å². The summed E-state index contributed by atoms with van der Waals surface area (Å²) in [7, 11) is 1.76. The topological polar surface area (TPSA) is 69.6 Å². The van der Waals surface area contributed by atoms with Gasteiger partial charge in [-0.05, 0) is 36.5 Å². The lowest BCUT2D eigenvalue weighted by atomic mass is 9.96. The van der Waals surface area contributed by atoms with Gasteiger partial charge in [-0.1, -0.05) is 26.0 Å². The highest BCUT2D eigenvalue weighted by Crippen LogP contribution is 2.48. The van der Waals surface area contributed by atoms with Crippen LogP contribution in [0.5, 0.6) is 0 Å². The Morgan fingerprint density at radius 3 is 2.29 bits per heavy atom. The standard InChI is InChI=1S/C16H22N2O3/c1-11(2)10-18(3)15(21)17-13-6-4-12(5-7-13)16(8-9-16)14(19)20/h4-7,11H,8-10H2,1-3H3,(H,17,21)(H,19,20). The van der Waals surface area contributed by atoms with Crippen molar-refractivity contribution in [1.29, 1.82) is 0 Å². The SMILES string of the molecule is CC(C)CN(C)C(=O)Nc1ccc(C2(C(=O)O)CC2)cc1. The van der Waals surface area contributed by atoms with E-state index in [1.807, 2.05) is 0 Å². The van der Waals surface area contributed by atoms with Gasteiger partial charge in [0.05, 0.1) is 5.41 Å². The number of nitrogens with one attached hydrogen (secondary N) is 1. The summed E-state index contributed by atoms with van der Waals surface area (Å²) in [5.41, 5.74) is 0.792. The number of amides is 2. The number of carboxylic acid groups (broad SMARTS) is 1. The van der Waals surface area contributed by atoms with E-state index in [1.165, 1.54) is 0 Å². The minimum Gasteiger partial charge on any atom is -0.481 e. The molecule has 5 nitrogen and oxygen atoms in total. The molecule has 2 rings (SSSR count). The van der Waals surface area contributed by atoms with Gasteiger partial charge in [-0.2, -0.15) is 0 Å². The Morgan fingerprint density at radius 1 is 1.29 bits per heavy atom. The van der Waals surface area contributed by atoms with E-state index in [2.05, 4.69) is 19.2 Å². The first-order chi connectivity index (χ1) is 9.85. The van der Waals surface area contributed by atoms with Crippen molar-refractivity contribution in [2.24, 2.45) is 5.92 Å². The summed E-state index contributed by atoms with van der Waals surface area (Å²) in [6, 6.07) is 6.95. The third kappa shape index (κ3) is 3.35. The summed E-state index contributed by atoms with van der Waals surface area (Å²) in [6.45, 7) is 4.80. The van der Waals surface area contributed by atoms with Gasteiger partial charge in [-0.25, -0.2) is 4.79 Å². The highest BCUT2D eigenvalue weighted by atomic mass is 16.4. The van der Waals surface area contributed by atoms with Gasteiger partial charge in [0.15, 0.2) is 0 Å². The molecular formula is C16H22N2O3. The van der Waals surface area contributed by atoms with Crippen LogP contribution in [-0.4, -0.2) is 35.6 Å². The second-order valence-electron chi connectivity index (χ2n) is 6.17. The Balaban J connectivity index is 2.00. The number of benzene rings is 1. The molecule has 0 unspecified atom stereocenters. The first-order valence-electron chi connectivity index (χ1n) is 7.21. The fourth-order valence-electron chi connectivity index (χ4n) is 2.47. The van der Waals surface area contributed by atoms with Gasteiger partial charge in [-0.15, -0.1) is 0 Å². The van der Waals surface area contributed by atoms with Crippen molar-refractivity contribution >= 4 is 17.7 Å². The number of carbonyl (C=O) groups excluding carboxylic acids is 1. The Bertz CT molecular complexity index is 533. The Morgan fingerprint density at radius 2 is 1.86 bits per heavy atom. The van der Waals surface area contributed by atoms with Crippen LogP contribution in [-0.2, 0) is 10.2 Å². The summed E-state index contributed by atoms with van der Waals surface area (Å²) in [6.07, 6.45) is 1.37. The number of carboxylic acids is 1. The quantitative estimate of drug-likeness (QED) is 0.876. The monoisotopic (exact) mass is 290 g/mol. The molecule has 0 atom stereocenters. The molecule has 1 aromatic rings. The Hall–Kier alpha value is -2.04. The van der Waals surface area contributed by atoms with Gasteiger partial charge in [0.25, 0.3) is 0 Å². The molecule has 0 aliphatic heterocycles. The predicted molar refractivity (Wildman–Crippen MR) is 81.5 cm³/mol. The lowest BCUT2D eigenvalue weighted by Crippen LogP contribution is -2.34. The Labute approximate surface area is 125 Å². The number of aliphatic carboxylic acids is 1. The van der Waals surface area contributed by atoms with Crippen LogP contribution in [0.1, 0.15) is 32.3 Å². The van der Waals surface area contributed by atoms with Crippen molar-refractivity contribution in [3.63, 3.8) is 0 Å². The maximum absolute atomic E-state index is 12.0. The largest absolute Gasteiger partial charge is 0.481 e. The van der Waals surface area contributed by atoms with Crippen molar-refractivity contribution in [2.75, 3.05) is 18.9 Å². The van der Waals surface area contributed by atoms with Gasteiger partial charge in [0.1, 0.15) is 0 Å². The van der Waals surface area contributed by atoms with Crippen LogP contribution in [0.2, 0.25) is 0 Å². The van der Waals surface area contributed by atoms with E-state index in [9.17, 15) is 14.7 Å². The lowest BCUT2D eigenvalue weighted by Gasteiger charge is -2.20. The first-order valence-corrected chi connectivity index (χ1v) is 7.21. The average Bonchev–Trinajstić information content (AvgIpc) is 3.20. The van der Waals surface area contributed by atoms with E-state index in [4.69, 9.17) is 0 Å². The van der Waals surface area contributed by atoms with Crippen molar-refractivity contribution in [2.45, 2.75) is 32.1 Å². The normalized spacial score (nSPS) is 15.6. The number of rotatable bonds is 5. The van der Waals surface area contributed by atoms with Crippen LogP contribution in [0.3, 0.4) is 0 Å². The van der Waals surface area contributed by atoms with E-state index in [0.29, 0.717) is 31.0 Å². The molecule has 5 heteroatoms. The zero-order valence-corrected chi connectivity index (χ0v) is 12.7. The molecule has 1 saturated carbocycles. The molecule has 0 heterocycles. The number of urea groups is 1. The molecule has 2 amide bonds.